The minimum Gasteiger partial charge on any atom is -0.492 e. The van der Waals surface area contributed by atoms with E-state index in [1.54, 1.807) is 0 Å². The summed E-state index contributed by atoms with van der Waals surface area (Å²) in [5.41, 5.74) is 6.35. The number of ether oxygens (including phenoxy) is 2. The van der Waals surface area contributed by atoms with Crippen LogP contribution < -0.4 is 14.8 Å². The van der Waals surface area contributed by atoms with Crippen LogP contribution in [0.5, 0.6) is 11.5 Å². The van der Waals surface area contributed by atoms with Crippen molar-refractivity contribution in [1.29, 1.82) is 0 Å². The fraction of sp³-hybridized carbons (Fsp3) is 0.366. The lowest BCUT2D eigenvalue weighted by Crippen LogP contribution is -2.29. The van der Waals surface area contributed by atoms with Crippen LogP contribution in [0.25, 0.3) is 0 Å². The molecule has 0 aromatic heterocycles. The van der Waals surface area contributed by atoms with Crippen LogP contribution in [0.2, 0.25) is 0 Å². The maximum absolute atomic E-state index is 13.3. The highest BCUT2D eigenvalue weighted by molar-refractivity contribution is 5.96. The maximum Gasteiger partial charge on any atom is 0.345 e. The van der Waals surface area contributed by atoms with Gasteiger partial charge in [0, 0.05) is 31.6 Å². The Bertz CT molecular complexity index is 1700. The molecular weight excluding hydrogens is 600 g/mol. The number of fused-ring (bicyclic) bond motifs is 1. The average molecular weight is 647 g/mol. The molecule has 1 aliphatic heterocycles. The molecule has 2 unspecified atom stereocenters. The molecule has 48 heavy (non-hydrogen) atoms. The topological polar surface area (TPSA) is 88.1 Å². The number of rotatable bonds is 13. The Morgan fingerprint density at radius 1 is 0.875 bits per heavy atom. The zero-order valence-electron chi connectivity index (χ0n) is 28.3. The highest BCUT2D eigenvalue weighted by Gasteiger charge is 2.56. The summed E-state index contributed by atoms with van der Waals surface area (Å²) in [6.45, 7) is 12.2. The summed E-state index contributed by atoms with van der Waals surface area (Å²) >= 11 is 0. The molecule has 0 radical (unpaired) electrons. The zero-order chi connectivity index (χ0) is 33.8. The van der Waals surface area contributed by atoms with Gasteiger partial charge in [-0.2, -0.15) is 0 Å². The second kappa shape index (κ2) is 14.2. The number of piperidine rings is 1. The summed E-state index contributed by atoms with van der Waals surface area (Å²) in [5, 5.41) is 12.8. The first-order valence-corrected chi connectivity index (χ1v) is 16.9. The van der Waals surface area contributed by atoms with E-state index in [2.05, 4.69) is 73.5 Å². The normalized spacial score (nSPS) is 19.3. The molecule has 4 aromatic rings. The summed E-state index contributed by atoms with van der Waals surface area (Å²) < 4.78 is 11.7. The van der Waals surface area contributed by atoms with Gasteiger partial charge in [0.25, 0.3) is 5.91 Å². The molecule has 2 fully saturated rings. The summed E-state index contributed by atoms with van der Waals surface area (Å²) in [6.07, 6.45) is -0.790. The number of carbonyl (C=O) groups is 2. The second-order valence-corrected chi connectivity index (χ2v) is 14.3. The molecule has 1 saturated heterocycles. The van der Waals surface area contributed by atoms with E-state index in [-0.39, 0.29) is 17.7 Å². The molecule has 7 heteroatoms. The first-order valence-electron chi connectivity index (χ1n) is 16.9. The standard InChI is InChI=1S/C41H46N2O5/c1-27-10-19-33(38-35-25-43(26-36(35)38)24-29-8-6-5-7-9-29)34(22-27)39(44)42-20-21-47-31-15-11-28(12-16-31)23-37(40(45)46)48-32-17-13-30(14-18-32)41(2,3)4/h5-19,22,35-38H,20-21,23-26H2,1-4H3,(H,42,44)(H,45,46)/t35-,36?,37-,38?/m0/s1. The molecule has 0 bridgehead atoms. The number of amides is 1. The predicted octanol–water partition coefficient (Wildman–Crippen LogP) is 7.02. The van der Waals surface area contributed by atoms with Crippen molar-refractivity contribution in [3.63, 3.8) is 0 Å². The van der Waals surface area contributed by atoms with Crippen LogP contribution in [0.15, 0.2) is 97.1 Å². The van der Waals surface area contributed by atoms with E-state index in [0.717, 1.165) is 47.5 Å². The Morgan fingerprint density at radius 3 is 2.19 bits per heavy atom. The van der Waals surface area contributed by atoms with Crippen molar-refractivity contribution >= 4 is 11.9 Å². The highest BCUT2D eigenvalue weighted by Crippen LogP contribution is 2.59. The molecule has 2 aliphatic rings. The first kappa shape index (κ1) is 33.3. The Morgan fingerprint density at radius 2 is 1.54 bits per heavy atom. The molecular formula is C41H46N2O5. The number of aryl methyl sites for hydroxylation is 1. The van der Waals surface area contributed by atoms with E-state index in [0.29, 0.717) is 42.4 Å². The molecule has 1 aliphatic carbocycles. The number of nitrogens with one attached hydrogen (secondary N) is 1. The van der Waals surface area contributed by atoms with Gasteiger partial charge >= 0.3 is 5.97 Å². The highest BCUT2D eigenvalue weighted by atomic mass is 16.5. The Balaban J connectivity index is 0.968. The third-order valence-corrected chi connectivity index (χ3v) is 9.61. The van der Waals surface area contributed by atoms with Crippen molar-refractivity contribution in [3.05, 3.63) is 130 Å². The molecule has 7 nitrogen and oxygen atoms in total. The fourth-order valence-electron chi connectivity index (χ4n) is 6.94. The van der Waals surface area contributed by atoms with Crippen LogP contribution in [-0.2, 0) is 23.2 Å². The van der Waals surface area contributed by atoms with Crippen LogP contribution in [0.4, 0.5) is 0 Å². The van der Waals surface area contributed by atoms with Crippen molar-refractivity contribution in [2.24, 2.45) is 11.8 Å². The predicted molar refractivity (Wildman–Crippen MR) is 188 cm³/mol. The number of aliphatic carboxylic acids is 1. The van der Waals surface area contributed by atoms with Crippen molar-refractivity contribution in [2.75, 3.05) is 26.2 Å². The van der Waals surface area contributed by atoms with Gasteiger partial charge in [0.15, 0.2) is 6.10 Å². The number of carboxylic acid groups (broad SMARTS) is 1. The van der Waals surface area contributed by atoms with Crippen LogP contribution >= 0.6 is 0 Å². The van der Waals surface area contributed by atoms with E-state index in [1.165, 1.54) is 5.56 Å². The van der Waals surface area contributed by atoms with Gasteiger partial charge in [-0.1, -0.05) is 93.1 Å². The average Bonchev–Trinajstić information content (AvgIpc) is 3.56. The van der Waals surface area contributed by atoms with Crippen molar-refractivity contribution in [3.8, 4) is 11.5 Å². The number of carbonyl (C=O) groups excluding carboxylic acids is 1. The monoisotopic (exact) mass is 646 g/mol. The lowest BCUT2D eigenvalue weighted by Gasteiger charge is -2.20. The molecule has 4 aromatic carbocycles. The van der Waals surface area contributed by atoms with Gasteiger partial charge in [0.05, 0.1) is 6.54 Å². The first-order chi connectivity index (χ1) is 23.0. The van der Waals surface area contributed by atoms with Crippen molar-refractivity contribution in [2.45, 2.75) is 58.1 Å². The Hall–Kier alpha value is -4.62. The summed E-state index contributed by atoms with van der Waals surface area (Å²) in [4.78, 5) is 27.8. The third kappa shape index (κ3) is 8.08. The molecule has 1 amide bonds. The zero-order valence-corrected chi connectivity index (χ0v) is 28.3. The maximum atomic E-state index is 13.3. The summed E-state index contributed by atoms with van der Waals surface area (Å²) in [5.74, 6) is 1.75. The smallest absolute Gasteiger partial charge is 0.345 e. The van der Waals surface area contributed by atoms with Gasteiger partial charge < -0.3 is 19.9 Å². The minimum atomic E-state index is -1.02. The van der Waals surface area contributed by atoms with Crippen molar-refractivity contribution in [1.82, 2.24) is 10.2 Å². The van der Waals surface area contributed by atoms with Gasteiger partial charge in [0.1, 0.15) is 18.1 Å². The largest absolute Gasteiger partial charge is 0.492 e. The third-order valence-electron chi connectivity index (χ3n) is 9.61. The van der Waals surface area contributed by atoms with Crippen LogP contribution in [0.1, 0.15) is 64.9 Å². The van der Waals surface area contributed by atoms with E-state index in [1.807, 2.05) is 61.5 Å². The molecule has 1 saturated carbocycles. The number of benzene rings is 4. The number of likely N-dealkylation sites (tertiary alicyclic amines) is 1. The number of nitrogens with zero attached hydrogens (tertiary/aromatic N) is 1. The fourth-order valence-corrected chi connectivity index (χ4v) is 6.94. The van der Waals surface area contributed by atoms with Crippen LogP contribution in [0, 0.1) is 18.8 Å². The van der Waals surface area contributed by atoms with Crippen molar-refractivity contribution < 1.29 is 24.2 Å². The van der Waals surface area contributed by atoms with Gasteiger partial charge in [-0.3, -0.25) is 9.69 Å². The van der Waals surface area contributed by atoms with Gasteiger partial charge in [0.2, 0.25) is 0 Å². The van der Waals surface area contributed by atoms with Gasteiger partial charge in [-0.25, -0.2) is 4.79 Å². The second-order valence-electron chi connectivity index (χ2n) is 14.3. The number of hydrogen-bond acceptors (Lipinski definition) is 5. The number of hydrogen-bond donors (Lipinski definition) is 2. The summed E-state index contributed by atoms with van der Waals surface area (Å²) in [7, 11) is 0. The van der Waals surface area contributed by atoms with E-state index >= 15 is 0 Å². The molecule has 250 valence electrons. The minimum absolute atomic E-state index is 0.00659. The molecule has 1 heterocycles. The molecule has 4 atom stereocenters. The lowest BCUT2D eigenvalue weighted by atomic mass is 9.87. The number of carboxylic acids is 1. The van der Waals surface area contributed by atoms with E-state index in [4.69, 9.17) is 9.47 Å². The molecule has 6 rings (SSSR count). The summed E-state index contributed by atoms with van der Waals surface area (Å²) in [6, 6.07) is 31.8. The quantitative estimate of drug-likeness (QED) is 0.152. The van der Waals surface area contributed by atoms with Gasteiger partial charge in [-0.05, 0) is 82.7 Å². The van der Waals surface area contributed by atoms with E-state index in [9.17, 15) is 14.7 Å². The van der Waals surface area contributed by atoms with Crippen LogP contribution in [-0.4, -0.2) is 54.2 Å². The molecule has 0 spiro atoms. The Kier molecular flexibility index (Phi) is 9.88. The van der Waals surface area contributed by atoms with Crippen LogP contribution in [0.3, 0.4) is 0 Å². The SMILES string of the molecule is Cc1ccc(C2C3CN(Cc4ccccc4)C[C@@H]32)c(C(=O)NCCOc2ccc(C[C@H](Oc3ccc(C(C)(C)C)cc3)C(=O)O)cc2)c1. The van der Waals surface area contributed by atoms with E-state index < -0.39 is 12.1 Å². The van der Waals surface area contributed by atoms with Gasteiger partial charge in [-0.15, -0.1) is 0 Å². The Labute approximate surface area is 283 Å². The lowest BCUT2D eigenvalue weighted by molar-refractivity contribution is -0.145. The molecule has 2 N–H and O–H groups in total.